The first-order valence-corrected chi connectivity index (χ1v) is 8.17. The third kappa shape index (κ3) is 4.45. The summed E-state index contributed by atoms with van der Waals surface area (Å²) in [6, 6.07) is 10.9. The molecule has 1 atom stereocenters. The number of hydrogen-bond donors (Lipinski definition) is 1. The van der Waals surface area contributed by atoms with Gasteiger partial charge in [-0.1, -0.05) is 41.4 Å². The normalized spacial score (nSPS) is 14.0. The van der Waals surface area contributed by atoms with Gasteiger partial charge in [0.25, 0.3) is 0 Å². The van der Waals surface area contributed by atoms with Crippen molar-refractivity contribution in [3.05, 3.63) is 69.5 Å². The van der Waals surface area contributed by atoms with E-state index in [1.165, 1.54) is 12.1 Å². The zero-order valence-electron chi connectivity index (χ0n) is 13.2. The molecule has 5 heteroatoms. The molecule has 2 nitrogen and oxygen atoms in total. The minimum Gasteiger partial charge on any atom is -0.380 e. The monoisotopic (exact) mass is 355 g/mol. The van der Waals surface area contributed by atoms with Crippen LogP contribution < -0.4 is 0 Å². The van der Waals surface area contributed by atoms with Crippen LogP contribution in [0.25, 0.3) is 0 Å². The van der Waals surface area contributed by atoms with Crippen molar-refractivity contribution in [3.8, 4) is 0 Å². The number of aliphatic hydroxyl groups is 1. The molecule has 2 aromatic carbocycles. The standard InChI is InChI=1S/C18H20Cl2FNO/c1-22(2)11-3-10-18(23,13-4-7-15(21)8-5-13)16-9-6-14(19)12-17(16)20/h4-9,12,23H,3,10-11H2,1-2H3. The minimum absolute atomic E-state index is 0.341. The first kappa shape index (κ1) is 18.2. The fraction of sp³-hybridized carbons (Fsp3) is 0.333. The summed E-state index contributed by atoms with van der Waals surface area (Å²) < 4.78 is 13.2. The Kier molecular flexibility index (Phi) is 6.04. The summed E-state index contributed by atoms with van der Waals surface area (Å²) in [5.41, 5.74) is -0.0958. The van der Waals surface area contributed by atoms with Crippen LogP contribution in [0.3, 0.4) is 0 Å². The molecule has 0 aliphatic heterocycles. The van der Waals surface area contributed by atoms with Crippen molar-refractivity contribution in [2.45, 2.75) is 18.4 Å². The zero-order chi connectivity index (χ0) is 17.0. The Hall–Kier alpha value is -1.13. The highest BCUT2D eigenvalue weighted by Crippen LogP contribution is 2.39. The Morgan fingerprint density at radius 3 is 2.30 bits per heavy atom. The lowest BCUT2D eigenvalue weighted by molar-refractivity contribution is 0.0665. The molecule has 2 rings (SSSR count). The summed E-state index contributed by atoms with van der Waals surface area (Å²) in [4.78, 5) is 2.05. The summed E-state index contributed by atoms with van der Waals surface area (Å²) in [5.74, 6) is -0.341. The fourth-order valence-corrected chi connectivity index (χ4v) is 3.20. The van der Waals surface area contributed by atoms with E-state index in [0.29, 0.717) is 27.6 Å². The molecule has 0 bridgehead atoms. The van der Waals surface area contributed by atoms with Gasteiger partial charge in [-0.25, -0.2) is 4.39 Å². The van der Waals surface area contributed by atoms with E-state index in [4.69, 9.17) is 23.2 Å². The fourth-order valence-electron chi connectivity index (χ4n) is 2.64. The van der Waals surface area contributed by atoms with Gasteiger partial charge in [-0.05, 0) is 63.3 Å². The summed E-state index contributed by atoms with van der Waals surface area (Å²) in [6.07, 6.45) is 1.23. The number of nitrogens with zero attached hydrogens (tertiary/aromatic N) is 1. The van der Waals surface area contributed by atoms with E-state index in [1.807, 2.05) is 14.1 Å². The van der Waals surface area contributed by atoms with E-state index in [0.717, 1.165) is 13.0 Å². The van der Waals surface area contributed by atoms with Gasteiger partial charge in [-0.2, -0.15) is 0 Å². The van der Waals surface area contributed by atoms with Gasteiger partial charge in [0.1, 0.15) is 11.4 Å². The SMILES string of the molecule is CN(C)CCCC(O)(c1ccc(F)cc1)c1ccc(Cl)cc1Cl. The predicted octanol–water partition coefficient (Wildman–Crippen LogP) is 4.71. The molecule has 0 amide bonds. The molecule has 0 aliphatic carbocycles. The largest absolute Gasteiger partial charge is 0.380 e. The average molecular weight is 356 g/mol. The predicted molar refractivity (Wildman–Crippen MR) is 93.6 cm³/mol. The van der Waals surface area contributed by atoms with E-state index in [2.05, 4.69) is 4.90 Å². The molecule has 23 heavy (non-hydrogen) atoms. The summed E-state index contributed by atoms with van der Waals surface area (Å²) in [6.45, 7) is 0.828. The van der Waals surface area contributed by atoms with Crippen LogP contribution >= 0.6 is 23.2 Å². The third-order valence-electron chi connectivity index (χ3n) is 3.84. The van der Waals surface area contributed by atoms with E-state index < -0.39 is 5.60 Å². The van der Waals surface area contributed by atoms with Crippen molar-refractivity contribution >= 4 is 23.2 Å². The van der Waals surface area contributed by atoms with Gasteiger partial charge in [0.2, 0.25) is 0 Å². The molecular weight excluding hydrogens is 336 g/mol. The molecule has 1 unspecified atom stereocenters. The topological polar surface area (TPSA) is 23.5 Å². The van der Waals surface area contributed by atoms with Crippen molar-refractivity contribution in [3.63, 3.8) is 0 Å². The quantitative estimate of drug-likeness (QED) is 0.810. The molecule has 0 radical (unpaired) electrons. The lowest BCUT2D eigenvalue weighted by Gasteiger charge is -2.31. The van der Waals surface area contributed by atoms with E-state index in [-0.39, 0.29) is 5.82 Å². The smallest absolute Gasteiger partial charge is 0.123 e. The van der Waals surface area contributed by atoms with E-state index >= 15 is 0 Å². The lowest BCUT2D eigenvalue weighted by atomic mass is 9.82. The third-order valence-corrected chi connectivity index (χ3v) is 4.39. The van der Waals surface area contributed by atoms with Gasteiger partial charge >= 0.3 is 0 Å². The Balaban J connectivity index is 2.43. The average Bonchev–Trinajstić information content (AvgIpc) is 2.47. The van der Waals surface area contributed by atoms with Crippen LogP contribution in [0, 0.1) is 5.82 Å². The molecular formula is C18H20Cl2FNO. The highest BCUT2D eigenvalue weighted by molar-refractivity contribution is 6.35. The van der Waals surface area contributed by atoms with Crippen molar-refractivity contribution in [1.82, 2.24) is 4.90 Å². The Labute approximate surface area is 146 Å². The number of hydrogen-bond acceptors (Lipinski definition) is 2. The van der Waals surface area contributed by atoms with Crippen molar-refractivity contribution < 1.29 is 9.50 Å². The molecule has 124 valence electrons. The van der Waals surface area contributed by atoms with Crippen molar-refractivity contribution in [2.24, 2.45) is 0 Å². The first-order valence-electron chi connectivity index (χ1n) is 7.41. The summed E-state index contributed by atoms with van der Waals surface area (Å²) >= 11 is 12.3. The van der Waals surface area contributed by atoms with E-state index in [1.54, 1.807) is 30.3 Å². The highest BCUT2D eigenvalue weighted by Gasteiger charge is 2.33. The maximum Gasteiger partial charge on any atom is 0.123 e. The van der Waals surface area contributed by atoms with Crippen LogP contribution in [0.1, 0.15) is 24.0 Å². The molecule has 0 spiro atoms. The highest BCUT2D eigenvalue weighted by atomic mass is 35.5. The number of benzene rings is 2. The van der Waals surface area contributed by atoms with Gasteiger partial charge in [0.15, 0.2) is 0 Å². The number of halogens is 3. The van der Waals surface area contributed by atoms with Gasteiger partial charge < -0.3 is 10.0 Å². The first-order chi connectivity index (χ1) is 10.8. The van der Waals surface area contributed by atoms with Gasteiger partial charge in [0.05, 0.1) is 0 Å². The molecule has 0 aromatic heterocycles. The zero-order valence-corrected chi connectivity index (χ0v) is 14.7. The van der Waals surface area contributed by atoms with Crippen molar-refractivity contribution in [2.75, 3.05) is 20.6 Å². The summed E-state index contributed by atoms with van der Waals surface area (Å²) in [7, 11) is 3.96. The van der Waals surface area contributed by atoms with Gasteiger partial charge in [-0.15, -0.1) is 0 Å². The second-order valence-corrected chi connectivity index (χ2v) is 6.74. The van der Waals surface area contributed by atoms with Gasteiger partial charge in [0, 0.05) is 15.6 Å². The van der Waals surface area contributed by atoms with E-state index in [9.17, 15) is 9.50 Å². The molecule has 0 fully saturated rings. The minimum atomic E-state index is -1.29. The Morgan fingerprint density at radius 1 is 1.09 bits per heavy atom. The molecule has 0 heterocycles. The second-order valence-electron chi connectivity index (χ2n) is 5.90. The lowest BCUT2D eigenvalue weighted by Crippen LogP contribution is -2.29. The van der Waals surface area contributed by atoms with Crippen LogP contribution in [0.5, 0.6) is 0 Å². The Bertz CT molecular complexity index is 661. The second kappa shape index (κ2) is 7.63. The molecule has 0 saturated carbocycles. The van der Waals surface area contributed by atoms with Crippen LogP contribution in [-0.2, 0) is 5.60 Å². The Morgan fingerprint density at radius 2 is 1.74 bits per heavy atom. The summed E-state index contributed by atoms with van der Waals surface area (Å²) in [5, 5.41) is 12.3. The maximum atomic E-state index is 13.2. The van der Waals surface area contributed by atoms with Crippen LogP contribution in [0.2, 0.25) is 10.0 Å². The molecule has 0 aliphatic rings. The molecule has 2 aromatic rings. The number of rotatable bonds is 6. The van der Waals surface area contributed by atoms with Gasteiger partial charge in [-0.3, -0.25) is 0 Å². The molecule has 1 N–H and O–H groups in total. The van der Waals surface area contributed by atoms with Crippen LogP contribution in [0.4, 0.5) is 4.39 Å². The molecule has 0 saturated heterocycles. The van der Waals surface area contributed by atoms with Crippen LogP contribution in [0.15, 0.2) is 42.5 Å². The maximum absolute atomic E-state index is 13.2. The van der Waals surface area contributed by atoms with Crippen molar-refractivity contribution in [1.29, 1.82) is 0 Å². The van der Waals surface area contributed by atoms with Crippen LogP contribution in [-0.4, -0.2) is 30.6 Å².